The molecule has 1 N–H and O–H groups in total. The van der Waals surface area contributed by atoms with Gasteiger partial charge in [0.2, 0.25) is 0 Å². The summed E-state index contributed by atoms with van der Waals surface area (Å²) in [7, 11) is 3.27. The lowest BCUT2D eigenvalue weighted by molar-refractivity contribution is 0.392. The molecule has 0 saturated heterocycles. The Bertz CT molecular complexity index is 1710. The number of aromatic hydroxyl groups is 1. The molecule has 36 heavy (non-hydrogen) atoms. The fraction of sp³-hybridized carbons (Fsp3) is 0.172. The molecule has 1 atom stereocenters. The van der Waals surface area contributed by atoms with E-state index in [-0.39, 0.29) is 17.4 Å². The summed E-state index contributed by atoms with van der Waals surface area (Å²) in [5.74, 6) is 1.54. The topological polar surface area (TPSA) is 73.1 Å². The SMILES string of the molecule is COc1ccc(OC)c(C2C3=C(N=c4sc(=Cc5cccc(O)c5)c(=O)n42)c2ccccc2CC3)c1. The molecule has 1 aliphatic heterocycles. The zero-order valence-electron chi connectivity index (χ0n) is 19.9. The number of aromatic nitrogens is 1. The van der Waals surface area contributed by atoms with Gasteiger partial charge in [-0.3, -0.25) is 9.36 Å². The summed E-state index contributed by atoms with van der Waals surface area (Å²) in [5, 5.41) is 9.90. The number of aryl methyl sites for hydroxylation is 1. The zero-order chi connectivity index (χ0) is 24.8. The van der Waals surface area contributed by atoms with Crippen molar-refractivity contribution in [1.82, 2.24) is 4.57 Å². The number of phenolic OH excluding ortho intramolecular Hbond substituents is 1. The summed E-state index contributed by atoms with van der Waals surface area (Å²) in [4.78, 5) is 19.6. The minimum Gasteiger partial charge on any atom is -0.508 e. The number of nitrogens with zero attached hydrogens (tertiary/aromatic N) is 2. The summed E-state index contributed by atoms with van der Waals surface area (Å²) < 4.78 is 13.6. The second-order valence-electron chi connectivity index (χ2n) is 8.82. The van der Waals surface area contributed by atoms with Crippen LogP contribution in [0.1, 0.15) is 34.7 Å². The lowest BCUT2D eigenvalue weighted by Crippen LogP contribution is -2.39. The maximum absolute atomic E-state index is 13.9. The molecular formula is C29H24N2O4S. The van der Waals surface area contributed by atoms with E-state index in [1.54, 1.807) is 43.1 Å². The summed E-state index contributed by atoms with van der Waals surface area (Å²) in [6.45, 7) is 0. The van der Waals surface area contributed by atoms with E-state index in [9.17, 15) is 9.90 Å². The number of fused-ring (bicyclic) bond motifs is 3. The molecule has 1 aliphatic carbocycles. The van der Waals surface area contributed by atoms with Crippen LogP contribution in [0.5, 0.6) is 17.2 Å². The molecule has 7 heteroatoms. The molecule has 4 aromatic rings. The predicted octanol–water partition coefficient (Wildman–Crippen LogP) is 4.04. The van der Waals surface area contributed by atoms with E-state index < -0.39 is 0 Å². The zero-order valence-corrected chi connectivity index (χ0v) is 20.7. The lowest BCUT2D eigenvalue weighted by Gasteiger charge is -2.31. The summed E-state index contributed by atoms with van der Waals surface area (Å²) in [6, 6.07) is 20.5. The molecule has 0 spiro atoms. The second-order valence-corrected chi connectivity index (χ2v) is 9.83. The van der Waals surface area contributed by atoms with Gasteiger partial charge >= 0.3 is 0 Å². The first-order chi connectivity index (χ1) is 17.6. The van der Waals surface area contributed by atoms with Crippen molar-refractivity contribution in [2.45, 2.75) is 18.9 Å². The van der Waals surface area contributed by atoms with E-state index in [4.69, 9.17) is 14.5 Å². The monoisotopic (exact) mass is 496 g/mol. The number of hydrogen-bond donors (Lipinski definition) is 1. The van der Waals surface area contributed by atoms with Crippen LogP contribution in [0.25, 0.3) is 11.8 Å². The van der Waals surface area contributed by atoms with Crippen molar-refractivity contribution in [3.63, 3.8) is 0 Å². The fourth-order valence-electron chi connectivity index (χ4n) is 5.12. The maximum Gasteiger partial charge on any atom is 0.271 e. The summed E-state index contributed by atoms with van der Waals surface area (Å²) in [6.07, 6.45) is 3.47. The third-order valence-electron chi connectivity index (χ3n) is 6.77. The van der Waals surface area contributed by atoms with Gasteiger partial charge in [0.05, 0.1) is 30.5 Å². The Morgan fingerprint density at radius 2 is 1.89 bits per heavy atom. The molecule has 6 nitrogen and oxygen atoms in total. The van der Waals surface area contributed by atoms with E-state index in [2.05, 4.69) is 18.2 Å². The van der Waals surface area contributed by atoms with Crippen LogP contribution in [-0.4, -0.2) is 23.9 Å². The van der Waals surface area contributed by atoms with E-state index in [1.807, 2.05) is 30.3 Å². The highest BCUT2D eigenvalue weighted by Crippen LogP contribution is 2.44. The number of phenols is 1. The van der Waals surface area contributed by atoms with Gasteiger partial charge < -0.3 is 14.6 Å². The molecule has 2 aliphatic rings. The smallest absolute Gasteiger partial charge is 0.271 e. The second kappa shape index (κ2) is 8.84. The highest BCUT2D eigenvalue weighted by molar-refractivity contribution is 7.07. The van der Waals surface area contributed by atoms with Crippen LogP contribution in [0.15, 0.2) is 82.1 Å². The van der Waals surface area contributed by atoms with Crippen molar-refractivity contribution in [3.8, 4) is 17.2 Å². The molecule has 180 valence electrons. The number of thiazole rings is 1. The third kappa shape index (κ3) is 3.63. The highest BCUT2D eigenvalue weighted by atomic mass is 32.1. The third-order valence-corrected chi connectivity index (χ3v) is 7.76. The van der Waals surface area contributed by atoms with Gasteiger partial charge in [-0.05, 0) is 65.9 Å². The number of hydrogen-bond acceptors (Lipinski definition) is 6. The Hall–Kier alpha value is -4.10. The Balaban J connectivity index is 1.66. The molecule has 0 bridgehead atoms. The van der Waals surface area contributed by atoms with Gasteiger partial charge in [-0.2, -0.15) is 0 Å². The van der Waals surface area contributed by atoms with E-state index in [0.29, 0.717) is 20.8 Å². The number of allylic oxidation sites excluding steroid dienone is 1. The van der Waals surface area contributed by atoms with Crippen LogP contribution in [0.3, 0.4) is 0 Å². The van der Waals surface area contributed by atoms with Crippen molar-refractivity contribution in [2.75, 3.05) is 14.2 Å². The van der Waals surface area contributed by atoms with Crippen molar-refractivity contribution in [1.29, 1.82) is 0 Å². The first-order valence-corrected chi connectivity index (χ1v) is 12.5. The highest BCUT2D eigenvalue weighted by Gasteiger charge is 2.34. The Kier molecular flexibility index (Phi) is 5.49. The Morgan fingerprint density at radius 1 is 1.03 bits per heavy atom. The minimum absolute atomic E-state index is 0.123. The molecule has 0 saturated carbocycles. The molecule has 1 aromatic heterocycles. The van der Waals surface area contributed by atoms with Gasteiger partial charge in [-0.15, -0.1) is 0 Å². The first kappa shape index (κ1) is 22.4. The Labute approximate surface area is 211 Å². The van der Waals surface area contributed by atoms with Crippen molar-refractivity contribution < 1.29 is 14.6 Å². The van der Waals surface area contributed by atoms with Crippen LogP contribution < -0.4 is 24.4 Å². The average Bonchev–Trinajstić information content (AvgIpc) is 3.21. The van der Waals surface area contributed by atoms with E-state index >= 15 is 0 Å². The van der Waals surface area contributed by atoms with E-state index in [1.165, 1.54) is 16.9 Å². The first-order valence-electron chi connectivity index (χ1n) is 11.7. The van der Waals surface area contributed by atoms with Gasteiger partial charge in [0, 0.05) is 11.1 Å². The average molecular weight is 497 g/mol. The molecule has 0 radical (unpaired) electrons. The molecule has 3 aromatic carbocycles. The predicted molar refractivity (Wildman–Crippen MR) is 140 cm³/mol. The standard InChI is InChI=1S/C29H24N2O4S/c1-34-20-11-13-24(35-2)23(16-20)27-22-12-10-18-7-3-4-9-21(18)26(22)30-29-31(27)28(33)25(36-29)15-17-6-5-8-19(32)14-17/h3-9,11,13-16,27,32H,10,12H2,1-2H3. The summed E-state index contributed by atoms with van der Waals surface area (Å²) >= 11 is 1.36. The molecule has 6 rings (SSSR count). The van der Waals surface area contributed by atoms with Crippen LogP contribution in [0, 0.1) is 0 Å². The molecular weight excluding hydrogens is 472 g/mol. The number of benzene rings is 3. The summed E-state index contributed by atoms with van der Waals surface area (Å²) in [5.41, 5.74) is 5.89. The van der Waals surface area contributed by atoms with Crippen molar-refractivity contribution in [3.05, 3.63) is 114 Å². The largest absolute Gasteiger partial charge is 0.508 e. The van der Waals surface area contributed by atoms with Crippen LogP contribution in [0.2, 0.25) is 0 Å². The van der Waals surface area contributed by atoms with Crippen LogP contribution in [-0.2, 0) is 6.42 Å². The molecule has 2 heterocycles. The van der Waals surface area contributed by atoms with Gasteiger partial charge in [0.25, 0.3) is 5.56 Å². The maximum atomic E-state index is 13.9. The van der Waals surface area contributed by atoms with Gasteiger partial charge in [-0.25, -0.2) is 4.99 Å². The molecule has 1 unspecified atom stereocenters. The van der Waals surface area contributed by atoms with Gasteiger partial charge in [0.15, 0.2) is 4.80 Å². The van der Waals surface area contributed by atoms with Gasteiger partial charge in [-0.1, -0.05) is 47.7 Å². The minimum atomic E-state index is -0.374. The molecule has 0 fully saturated rings. The van der Waals surface area contributed by atoms with Crippen LogP contribution >= 0.6 is 11.3 Å². The van der Waals surface area contributed by atoms with E-state index in [0.717, 1.165) is 40.8 Å². The Morgan fingerprint density at radius 3 is 2.69 bits per heavy atom. The lowest BCUT2D eigenvalue weighted by atomic mass is 9.83. The van der Waals surface area contributed by atoms with Gasteiger partial charge in [0.1, 0.15) is 17.2 Å². The van der Waals surface area contributed by atoms with Crippen LogP contribution in [0.4, 0.5) is 0 Å². The normalized spacial score (nSPS) is 16.6. The quantitative estimate of drug-likeness (QED) is 0.463. The number of ether oxygens (including phenoxy) is 2. The number of rotatable bonds is 4. The molecule has 0 amide bonds. The van der Waals surface area contributed by atoms with Crippen molar-refractivity contribution in [2.24, 2.45) is 4.99 Å². The fourth-order valence-corrected chi connectivity index (χ4v) is 6.12. The van der Waals surface area contributed by atoms with Crippen molar-refractivity contribution >= 4 is 23.1 Å². The number of methoxy groups -OCH3 is 2.